The molecule has 4 aromatic rings. The van der Waals surface area contributed by atoms with Gasteiger partial charge in [-0.15, -0.1) is 0 Å². The highest BCUT2D eigenvalue weighted by molar-refractivity contribution is 6.42. The van der Waals surface area contributed by atoms with Crippen molar-refractivity contribution in [3.8, 4) is 11.1 Å². The van der Waals surface area contributed by atoms with Crippen LogP contribution in [0, 0.1) is 0 Å². The molecular weight excluding hydrogens is 439 g/mol. The van der Waals surface area contributed by atoms with Crippen molar-refractivity contribution >= 4 is 28.8 Å². The van der Waals surface area contributed by atoms with E-state index in [9.17, 15) is 0 Å². The molecule has 0 saturated carbocycles. The van der Waals surface area contributed by atoms with Gasteiger partial charge in [0.25, 0.3) is 0 Å². The highest BCUT2D eigenvalue weighted by Gasteiger charge is 2.42. The van der Waals surface area contributed by atoms with Crippen LogP contribution in [-0.2, 0) is 18.4 Å². The molecule has 0 amide bonds. The van der Waals surface area contributed by atoms with Gasteiger partial charge in [-0.05, 0) is 84.4 Å². The Morgan fingerprint density at radius 3 is 2.62 bits per heavy atom. The molecule has 3 aliphatic heterocycles. The molecule has 0 spiro atoms. The largest absolute Gasteiger partial charge is 0.299 e. The van der Waals surface area contributed by atoms with Gasteiger partial charge in [-0.1, -0.05) is 48.3 Å². The second kappa shape index (κ2) is 7.58. The van der Waals surface area contributed by atoms with Gasteiger partial charge in [-0.2, -0.15) is 5.10 Å². The van der Waals surface area contributed by atoms with E-state index in [4.69, 9.17) is 23.2 Å². The number of hydrogen-bond donors (Lipinski definition) is 0. The minimum atomic E-state index is -0.0153. The molecular formula is C26H24Cl2N4. The van der Waals surface area contributed by atoms with Gasteiger partial charge in [0.05, 0.1) is 10.0 Å². The van der Waals surface area contributed by atoms with Gasteiger partial charge >= 0.3 is 0 Å². The predicted molar refractivity (Wildman–Crippen MR) is 130 cm³/mol. The fourth-order valence-electron chi connectivity index (χ4n) is 5.65. The predicted octanol–water partition coefficient (Wildman–Crippen LogP) is 6.16. The monoisotopic (exact) mass is 462 g/mol. The number of benzene rings is 2. The number of aryl methyl sites for hydroxylation is 1. The standard InChI is InChI=1S/C26H24Cl2N4/c1-2-17-12-25-29-16-30-32(25)15-21(17)18-3-5-22-19(11-18)14-31-9-7-26(22,8-10-31)20-4-6-23(27)24(28)13-20/h3-6,11-13,15-16H,2,7-10,14H2,1H3. The van der Waals surface area contributed by atoms with Crippen LogP contribution in [0.4, 0.5) is 0 Å². The number of aromatic nitrogens is 3. The van der Waals surface area contributed by atoms with Crippen LogP contribution in [0.25, 0.3) is 16.8 Å². The highest BCUT2D eigenvalue weighted by atomic mass is 35.5. The molecule has 32 heavy (non-hydrogen) atoms. The molecule has 1 fully saturated rings. The lowest BCUT2D eigenvalue weighted by Gasteiger charge is -2.39. The van der Waals surface area contributed by atoms with Crippen LogP contribution in [0.3, 0.4) is 0 Å². The molecule has 6 heteroatoms. The van der Waals surface area contributed by atoms with Crippen LogP contribution in [0.1, 0.15) is 42.0 Å². The Kier molecular flexibility index (Phi) is 4.79. The first kappa shape index (κ1) is 20.2. The Balaban J connectivity index is 1.52. The van der Waals surface area contributed by atoms with Crippen molar-refractivity contribution in [2.75, 3.05) is 13.1 Å². The van der Waals surface area contributed by atoms with Crippen molar-refractivity contribution in [3.05, 3.63) is 87.3 Å². The van der Waals surface area contributed by atoms with Crippen LogP contribution in [-0.4, -0.2) is 32.6 Å². The zero-order valence-corrected chi connectivity index (χ0v) is 19.5. The number of hydrogen-bond acceptors (Lipinski definition) is 3. The summed E-state index contributed by atoms with van der Waals surface area (Å²) in [6, 6.07) is 15.4. The lowest BCUT2D eigenvalue weighted by Crippen LogP contribution is -2.39. The quantitative estimate of drug-likeness (QED) is 0.365. The second-order valence-corrected chi connectivity index (χ2v) is 9.80. The zero-order valence-electron chi connectivity index (χ0n) is 18.0. The summed E-state index contributed by atoms with van der Waals surface area (Å²) >= 11 is 12.7. The zero-order chi connectivity index (χ0) is 21.9. The van der Waals surface area contributed by atoms with Crippen LogP contribution in [0.2, 0.25) is 10.0 Å². The third-order valence-corrected chi connectivity index (χ3v) is 8.13. The van der Waals surface area contributed by atoms with Crippen LogP contribution in [0.5, 0.6) is 0 Å². The van der Waals surface area contributed by atoms with Crippen LogP contribution < -0.4 is 0 Å². The first-order valence-corrected chi connectivity index (χ1v) is 12.0. The Hall–Kier alpha value is -2.40. The lowest BCUT2D eigenvalue weighted by atomic mass is 9.68. The van der Waals surface area contributed by atoms with E-state index in [0.29, 0.717) is 10.0 Å². The van der Waals surface area contributed by atoms with Gasteiger partial charge in [0.2, 0.25) is 0 Å². The van der Waals surface area contributed by atoms with E-state index in [0.717, 1.165) is 44.5 Å². The molecule has 0 unspecified atom stereocenters. The molecule has 2 aromatic heterocycles. The molecule has 2 aromatic carbocycles. The minimum Gasteiger partial charge on any atom is -0.299 e. The SMILES string of the molecule is CCc1cc2ncnn2cc1-c1ccc2c(c1)CN1CCC2(c2ccc(Cl)c(Cl)c2)CC1. The number of pyridine rings is 1. The maximum absolute atomic E-state index is 6.45. The van der Waals surface area contributed by atoms with E-state index >= 15 is 0 Å². The first-order valence-electron chi connectivity index (χ1n) is 11.2. The fraction of sp³-hybridized carbons (Fsp3) is 0.308. The maximum atomic E-state index is 6.45. The molecule has 4 nitrogen and oxygen atoms in total. The number of piperidine rings is 1. The molecule has 3 aliphatic rings. The number of halogens is 2. The minimum absolute atomic E-state index is 0.0153. The molecule has 162 valence electrons. The van der Waals surface area contributed by atoms with E-state index in [1.807, 2.05) is 10.6 Å². The molecule has 0 aliphatic carbocycles. The second-order valence-electron chi connectivity index (χ2n) is 8.99. The third-order valence-electron chi connectivity index (χ3n) is 7.39. The van der Waals surface area contributed by atoms with Crippen molar-refractivity contribution in [2.45, 2.75) is 38.1 Å². The molecule has 5 heterocycles. The summed E-state index contributed by atoms with van der Waals surface area (Å²) in [5.41, 5.74) is 8.75. The van der Waals surface area contributed by atoms with Crippen molar-refractivity contribution < 1.29 is 0 Å². The molecule has 0 N–H and O–H groups in total. The highest BCUT2D eigenvalue weighted by Crippen LogP contribution is 2.48. The number of rotatable bonds is 3. The normalized spacial score (nSPS) is 22.2. The van der Waals surface area contributed by atoms with Gasteiger partial charge in [-0.3, -0.25) is 4.90 Å². The molecule has 7 rings (SSSR count). The smallest absolute Gasteiger partial charge is 0.155 e. The van der Waals surface area contributed by atoms with Gasteiger partial charge < -0.3 is 0 Å². The van der Waals surface area contributed by atoms with Crippen molar-refractivity contribution in [1.82, 2.24) is 19.5 Å². The summed E-state index contributed by atoms with van der Waals surface area (Å²) in [7, 11) is 0. The first-order chi connectivity index (χ1) is 15.6. The molecule has 1 saturated heterocycles. The van der Waals surface area contributed by atoms with E-state index in [-0.39, 0.29) is 5.41 Å². The maximum Gasteiger partial charge on any atom is 0.155 e. The summed E-state index contributed by atoms with van der Waals surface area (Å²) in [5, 5.41) is 5.61. The molecule has 0 atom stereocenters. The van der Waals surface area contributed by atoms with Gasteiger partial charge in [-0.25, -0.2) is 9.50 Å². The summed E-state index contributed by atoms with van der Waals surface area (Å²) in [6.07, 6.45) is 6.88. The lowest BCUT2D eigenvalue weighted by molar-refractivity contribution is 0.190. The Bertz CT molecular complexity index is 1340. The fourth-order valence-corrected chi connectivity index (χ4v) is 5.95. The number of nitrogens with zero attached hydrogens (tertiary/aromatic N) is 4. The van der Waals surface area contributed by atoms with Crippen LogP contribution in [0.15, 0.2) is 55.0 Å². The van der Waals surface area contributed by atoms with Crippen molar-refractivity contribution in [2.24, 2.45) is 0 Å². The van der Waals surface area contributed by atoms with Gasteiger partial charge in [0, 0.05) is 23.7 Å². The summed E-state index contributed by atoms with van der Waals surface area (Å²) in [4.78, 5) is 6.93. The van der Waals surface area contributed by atoms with Gasteiger partial charge in [0.15, 0.2) is 5.65 Å². The van der Waals surface area contributed by atoms with E-state index in [1.165, 1.54) is 33.4 Å². The Labute approximate surface area is 197 Å². The van der Waals surface area contributed by atoms with Gasteiger partial charge in [0.1, 0.15) is 6.33 Å². The van der Waals surface area contributed by atoms with E-state index in [1.54, 1.807) is 6.33 Å². The third kappa shape index (κ3) is 3.08. The number of fused-ring (bicyclic) bond motifs is 3. The Morgan fingerprint density at radius 2 is 1.84 bits per heavy atom. The van der Waals surface area contributed by atoms with E-state index in [2.05, 4.69) is 64.5 Å². The van der Waals surface area contributed by atoms with Crippen molar-refractivity contribution in [3.63, 3.8) is 0 Å². The molecule has 2 bridgehead atoms. The summed E-state index contributed by atoms with van der Waals surface area (Å²) in [5.74, 6) is 0. The van der Waals surface area contributed by atoms with Crippen LogP contribution >= 0.6 is 23.2 Å². The topological polar surface area (TPSA) is 33.4 Å². The summed E-state index contributed by atoms with van der Waals surface area (Å²) in [6.45, 7) is 5.37. The van der Waals surface area contributed by atoms with E-state index < -0.39 is 0 Å². The van der Waals surface area contributed by atoms with Crippen molar-refractivity contribution in [1.29, 1.82) is 0 Å². The average molecular weight is 463 g/mol. The average Bonchev–Trinajstić information content (AvgIpc) is 3.15. The summed E-state index contributed by atoms with van der Waals surface area (Å²) < 4.78 is 1.87. The molecule has 0 radical (unpaired) electrons. The Morgan fingerprint density at radius 1 is 1.00 bits per heavy atom.